The molecule has 0 aliphatic rings. The summed E-state index contributed by atoms with van der Waals surface area (Å²) < 4.78 is 7.44. The average Bonchev–Trinajstić information content (AvgIpc) is 2.69. The summed E-state index contributed by atoms with van der Waals surface area (Å²) >= 11 is 0. The maximum absolute atomic E-state index is 12.0. The molecule has 0 bridgehead atoms. The Balaban J connectivity index is 1.65. The normalized spacial score (nSPS) is 11.0. The van der Waals surface area contributed by atoms with Crippen molar-refractivity contribution >= 4 is 0 Å². The fourth-order valence-corrected chi connectivity index (χ4v) is 2.80. The summed E-state index contributed by atoms with van der Waals surface area (Å²) in [5, 5.41) is 3.26. The Kier molecular flexibility index (Phi) is 6.39. The van der Waals surface area contributed by atoms with Gasteiger partial charge in [0.1, 0.15) is 12.4 Å². The molecular weight excluding hydrogens is 356 g/mol. The minimum atomic E-state index is -0.391. The van der Waals surface area contributed by atoms with Gasteiger partial charge >= 0.3 is 5.69 Å². The molecular formula is C21H24N4O3. The highest BCUT2D eigenvalue weighted by molar-refractivity contribution is 5.33. The van der Waals surface area contributed by atoms with Gasteiger partial charge in [-0.05, 0) is 26.0 Å². The first-order valence-electron chi connectivity index (χ1n) is 9.19. The molecule has 7 heteroatoms. The van der Waals surface area contributed by atoms with Gasteiger partial charge in [0.2, 0.25) is 0 Å². The van der Waals surface area contributed by atoms with Gasteiger partial charge in [0.05, 0.1) is 0 Å². The molecule has 7 nitrogen and oxygen atoms in total. The van der Waals surface area contributed by atoms with Crippen LogP contribution in [0.15, 0.2) is 64.6 Å². The van der Waals surface area contributed by atoms with E-state index in [0.717, 1.165) is 16.9 Å². The minimum absolute atomic E-state index is 0.0234. The smallest absolute Gasteiger partial charge is 0.328 e. The molecule has 0 atom stereocenters. The Bertz CT molecular complexity index is 1030. The van der Waals surface area contributed by atoms with Crippen molar-refractivity contribution in [3.8, 4) is 5.75 Å². The van der Waals surface area contributed by atoms with E-state index in [9.17, 15) is 9.59 Å². The molecule has 146 valence electrons. The minimum Gasteiger partial charge on any atom is -0.489 e. The van der Waals surface area contributed by atoms with Crippen molar-refractivity contribution in [2.45, 2.75) is 39.6 Å². The maximum Gasteiger partial charge on any atom is 0.328 e. The number of nitrogens with zero attached hydrogens (tertiary/aromatic N) is 2. The number of ether oxygens (including phenoxy) is 1. The average molecular weight is 380 g/mol. The highest BCUT2D eigenvalue weighted by atomic mass is 16.5. The van der Waals surface area contributed by atoms with Crippen LogP contribution in [0.1, 0.15) is 36.6 Å². The molecule has 0 saturated carbocycles. The van der Waals surface area contributed by atoms with Crippen molar-refractivity contribution in [3.63, 3.8) is 0 Å². The van der Waals surface area contributed by atoms with Crippen LogP contribution in [0.5, 0.6) is 5.75 Å². The lowest BCUT2D eigenvalue weighted by Crippen LogP contribution is -2.34. The Morgan fingerprint density at radius 3 is 2.64 bits per heavy atom. The second-order valence-electron chi connectivity index (χ2n) is 6.78. The van der Waals surface area contributed by atoms with Crippen molar-refractivity contribution in [1.82, 2.24) is 19.9 Å². The van der Waals surface area contributed by atoms with Gasteiger partial charge in [-0.25, -0.2) is 4.79 Å². The lowest BCUT2D eigenvalue weighted by Gasteiger charge is -2.13. The Hall–Kier alpha value is -3.19. The summed E-state index contributed by atoms with van der Waals surface area (Å²) in [5.41, 5.74) is 1.74. The van der Waals surface area contributed by atoms with Crippen molar-refractivity contribution in [1.29, 1.82) is 0 Å². The Morgan fingerprint density at radius 1 is 1.11 bits per heavy atom. The first kappa shape index (κ1) is 19.6. The Labute approximate surface area is 163 Å². The van der Waals surface area contributed by atoms with Gasteiger partial charge in [-0.1, -0.05) is 24.3 Å². The first-order chi connectivity index (χ1) is 13.5. The van der Waals surface area contributed by atoms with Crippen molar-refractivity contribution in [2.24, 2.45) is 0 Å². The van der Waals surface area contributed by atoms with E-state index < -0.39 is 5.69 Å². The van der Waals surface area contributed by atoms with Gasteiger partial charge in [-0.3, -0.25) is 19.3 Å². The number of hydrogen-bond acceptors (Lipinski definition) is 5. The number of aromatic nitrogens is 3. The lowest BCUT2D eigenvalue weighted by molar-refractivity contribution is 0.301. The summed E-state index contributed by atoms with van der Waals surface area (Å²) in [6.07, 6.45) is 5.12. The van der Waals surface area contributed by atoms with Crippen LogP contribution in [0.4, 0.5) is 0 Å². The molecule has 28 heavy (non-hydrogen) atoms. The van der Waals surface area contributed by atoms with Crippen LogP contribution >= 0.6 is 0 Å². The highest BCUT2D eigenvalue weighted by Gasteiger charge is 2.08. The molecule has 0 aliphatic heterocycles. The van der Waals surface area contributed by atoms with Crippen LogP contribution in [0.2, 0.25) is 0 Å². The Morgan fingerprint density at radius 2 is 1.89 bits per heavy atom. The van der Waals surface area contributed by atoms with Crippen LogP contribution in [-0.4, -0.2) is 14.5 Å². The standard InChI is InChI=1S/C21H24N4O3/c1-15(2)25-13-18(20(26)24-21(25)27)12-23-11-17-7-3-4-8-19(17)28-14-16-6-5-9-22-10-16/h3-10,13,15,23H,11-12,14H2,1-2H3,(H,24,26,27). The van der Waals surface area contributed by atoms with E-state index in [1.807, 2.05) is 50.2 Å². The van der Waals surface area contributed by atoms with E-state index in [1.54, 1.807) is 18.6 Å². The van der Waals surface area contributed by atoms with Crippen molar-refractivity contribution < 1.29 is 4.74 Å². The van der Waals surface area contributed by atoms with Crippen LogP contribution < -0.4 is 21.3 Å². The molecule has 0 fully saturated rings. The third-order valence-corrected chi connectivity index (χ3v) is 4.32. The van der Waals surface area contributed by atoms with E-state index in [-0.39, 0.29) is 11.6 Å². The van der Waals surface area contributed by atoms with Crippen molar-refractivity contribution in [2.75, 3.05) is 0 Å². The quantitative estimate of drug-likeness (QED) is 0.626. The summed E-state index contributed by atoms with van der Waals surface area (Å²) in [6, 6.07) is 11.6. The van der Waals surface area contributed by atoms with Crippen molar-refractivity contribution in [3.05, 3.63) is 92.5 Å². The van der Waals surface area contributed by atoms with Gasteiger partial charge in [-0.2, -0.15) is 0 Å². The molecule has 2 N–H and O–H groups in total. The SMILES string of the molecule is CC(C)n1cc(CNCc2ccccc2OCc2cccnc2)c(=O)[nH]c1=O. The van der Waals surface area contributed by atoms with E-state index >= 15 is 0 Å². The van der Waals surface area contributed by atoms with E-state index in [2.05, 4.69) is 15.3 Å². The van der Waals surface area contributed by atoms with E-state index in [4.69, 9.17) is 4.74 Å². The third kappa shape index (κ3) is 4.95. The fourth-order valence-electron chi connectivity index (χ4n) is 2.80. The topological polar surface area (TPSA) is 89.0 Å². The monoisotopic (exact) mass is 380 g/mol. The molecule has 2 heterocycles. The molecule has 0 amide bonds. The summed E-state index contributed by atoms with van der Waals surface area (Å²) in [4.78, 5) is 30.3. The number of H-pyrrole nitrogens is 1. The predicted octanol–water partition coefficient (Wildman–Crippen LogP) is 2.38. The van der Waals surface area contributed by atoms with Gasteiger partial charge in [0, 0.05) is 54.4 Å². The summed E-state index contributed by atoms with van der Waals surface area (Å²) in [7, 11) is 0. The molecule has 3 aromatic rings. The number of pyridine rings is 1. The lowest BCUT2D eigenvalue weighted by atomic mass is 10.2. The molecule has 0 spiro atoms. The van der Waals surface area contributed by atoms with Gasteiger partial charge in [-0.15, -0.1) is 0 Å². The van der Waals surface area contributed by atoms with Crippen LogP contribution in [0.3, 0.4) is 0 Å². The molecule has 3 rings (SSSR count). The zero-order valence-electron chi connectivity index (χ0n) is 16.0. The summed E-state index contributed by atoms with van der Waals surface area (Å²) in [5.74, 6) is 0.778. The van der Waals surface area contributed by atoms with Crippen LogP contribution in [0.25, 0.3) is 0 Å². The zero-order chi connectivity index (χ0) is 19.9. The largest absolute Gasteiger partial charge is 0.489 e. The molecule has 2 aromatic heterocycles. The molecule has 0 aliphatic carbocycles. The van der Waals surface area contributed by atoms with Gasteiger partial charge < -0.3 is 10.1 Å². The van der Waals surface area contributed by atoms with E-state index in [0.29, 0.717) is 25.3 Å². The maximum atomic E-state index is 12.0. The second kappa shape index (κ2) is 9.14. The molecule has 1 aromatic carbocycles. The van der Waals surface area contributed by atoms with Gasteiger partial charge in [0.25, 0.3) is 5.56 Å². The number of aromatic amines is 1. The van der Waals surface area contributed by atoms with Gasteiger partial charge in [0.15, 0.2) is 0 Å². The number of rotatable bonds is 8. The number of hydrogen-bond donors (Lipinski definition) is 2. The predicted molar refractivity (Wildman–Crippen MR) is 107 cm³/mol. The third-order valence-electron chi connectivity index (χ3n) is 4.32. The zero-order valence-corrected chi connectivity index (χ0v) is 16.0. The molecule has 0 unspecified atom stereocenters. The second-order valence-corrected chi connectivity index (χ2v) is 6.78. The number of benzene rings is 1. The molecule has 0 saturated heterocycles. The number of nitrogens with one attached hydrogen (secondary N) is 2. The summed E-state index contributed by atoms with van der Waals surface area (Å²) in [6.45, 7) is 5.10. The van der Waals surface area contributed by atoms with E-state index in [1.165, 1.54) is 4.57 Å². The first-order valence-corrected chi connectivity index (χ1v) is 9.19. The highest BCUT2D eigenvalue weighted by Crippen LogP contribution is 2.19. The fraction of sp³-hybridized carbons (Fsp3) is 0.286. The van der Waals surface area contributed by atoms with Crippen LogP contribution in [0, 0.1) is 0 Å². The molecule has 0 radical (unpaired) electrons. The van der Waals surface area contributed by atoms with Crippen LogP contribution in [-0.2, 0) is 19.7 Å². The number of para-hydroxylation sites is 1.